The molecule has 3 aliphatic rings. The van der Waals surface area contributed by atoms with Gasteiger partial charge in [0.05, 0.1) is 15.9 Å². The van der Waals surface area contributed by atoms with Gasteiger partial charge in [0, 0.05) is 37.2 Å². The average molecular weight is 496 g/mol. The van der Waals surface area contributed by atoms with Crippen LogP contribution in [0.25, 0.3) is 0 Å². The van der Waals surface area contributed by atoms with Crippen molar-refractivity contribution >= 4 is 15.7 Å². The van der Waals surface area contributed by atoms with E-state index in [1.165, 1.54) is 4.90 Å². The molecule has 2 heterocycles. The predicted octanol–water partition coefficient (Wildman–Crippen LogP) is 3.50. The Morgan fingerprint density at radius 1 is 1.26 bits per heavy atom. The van der Waals surface area contributed by atoms with Crippen LogP contribution in [0.2, 0.25) is 0 Å². The molecule has 1 aromatic heterocycles. The number of likely N-dealkylation sites (tertiary alicyclic amines) is 1. The van der Waals surface area contributed by atoms with Crippen molar-refractivity contribution in [3.05, 3.63) is 47.5 Å². The summed E-state index contributed by atoms with van der Waals surface area (Å²) in [5, 5.41) is 0. The minimum atomic E-state index is -4.64. The molecule has 1 aromatic carbocycles. The Morgan fingerprint density at radius 2 is 2.00 bits per heavy atom. The van der Waals surface area contributed by atoms with Crippen LogP contribution < -0.4 is 4.74 Å². The number of hydrogen-bond acceptors (Lipinski definition) is 6. The molecule has 1 amide bonds. The topological polar surface area (TPSA) is 89.5 Å². The van der Waals surface area contributed by atoms with E-state index in [1.54, 1.807) is 6.20 Å². The molecule has 1 saturated heterocycles. The van der Waals surface area contributed by atoms with Crippen LogP contribution in [0.4, 0.5) is 13.2 Å². The number of ether oxygens (including phenoxy) is 1. The van der Waals surface area contributed by atoms with Crippen LogP contribution in [0, 0.1) is 5.92 Å². The Hall–Kier alpha value is -2.69. The molecule has 0 N–H and O–H groups in total. The number of carbonyl (C=O) groups is 1. The second kappa shape index (κ2) is 7.66. The molecule has 34 heavy (non-hydrogen) atoms. The molecule has 11 heteroatoms. The Morgan fingerprint density at radius 3 is 2.65 bits per heavy atom. The van der Waals surface area contributed by atoms with Crippen LogP contribution in [0.15, 0.2) is 35.4 Å². The summed E-state index contributed by atoms with van der Waals surface area (Å²) >= 11 is 0. The number of carbonyl (C=O) groups excluding carboxylic acids is 1. The number of halogens is 3. The molecule has 0 spiro atoms. The van der Waals surface area contributed by atoms with Crippen molar-refractivity contribution in [2.75, 3.05) is 19.3 Å². The third-order valence-electron chi connectivity index (χ3n) is 6.93. The zero-order chi connectivity index (χ0) is 24.5. The van der Waals surface area contributed by atoms with Crippen molar-refractivity contribution in [2.45, 2.75) is 54.7 Å². The molecule has 3 atom stereocenters. The first-order chi connectivity index (χ1) is 15.9. The van der Waals surface area contributed by atoms with Crippen LogP contribution in [0.5, 0.6) is 5.75 Å². The van der Waals surface area contributed by atoms with Gasteiger partial charge in [-0.05, 0) is 56.4 Å². The van der Waals surface area contributed by atoms with Gasteiger partial charge < -0.3 is 9.64 Å². The van der Waals surface area contributed by atoms with E-state index in [1.807, 2.05) is 6.07 Å². The number of piperidine rings is 1. The van der Waals surface area contributed by atoms with Gasteiger partial charge >= 0.3 is 6.18 Å². The summed E-state index contributed by atoms with van der Waals surface area (Å²) in [5.41, 5.74) is 0.436. The minimum absolute atomic E-state index is 0.155. The maximum absolute atomic E-state index is 13.4. The summed E-state index contributed by atoms with van der Waals surface area (Å²) in [4.78, 5) is 24.0. The predicted molar refractivity (Wildman–Crippen MR) is 115 cm³/mol. The van der Waals surface area contributed by atoms with Crippen molar-refractivity contribution in [3.8, 4) is 5.75 Å². The molecule has 0 bridgehead atoms. The minimum Gasteiger partial charge on any atom is -0.480 e. The number of alkyl halides is 3. The SMILES string of the molecule is CC(Oc1ccc(S(C)(=O)=O)cc1C(=O)N1CC2C[C@]2(c2nccc(C3CC3)n2)C1)C(F)(F)F. The monoisotopic (exact) mass is 495 g/mol. The zero-order valence-electron chi connectivity index (χ0n) is 18.7. The van der Waals surface area contributed by atoms with E-state index in [9.17, 15) is 26.4 Å². The molecule has 2 aromatic rings. The first-order valence-electron chi connectivity index (χ1n) is 11.1. The lowest BCUT2D eigenvalue weighted by molar-refractivity contribution is -0.189. The van der Waals surface area contributed by atoms with Gasteiger partial charge in [0.1, 0.15) is 11.6 Å². The first kappa shape index (κ1) is 23.1. The zero-order valence-corrected chi connectivity index (χ0v) is 19.5. The van der Waals surface area contributed by atoms with E-state index in [4.69, 9.17) is 9.72 Å². The van der Waals surface area contributed by atoms with E-state index >= 15 is 0 Å². The number of sulfone groups is 1. The summed E-state index contributed by atoms with van der Waals surface area (Å²) in [5.74, 6) is 0.443. The van der Waals surface area contributed by atoms with Crippen molar-refractivity contribution < 1.29 is 31.1 Å². The highest BCUT2D eigenvalue weighted by Gasteiger charge is 2.64. The summed E-state index contributed by atoms with van der Waals surface area (Å²) in [6.45, 7) is 1.55. The average Bonchev–Trinajstić information content (AvgIpc) is 3.70. The van der Waals surface area contributed by atoms with E-state index in [-0.39, 0.29) is 27.5 Å². The number of aromatic nitrogens is 2. The summed E-state index contributed by atoms with van der Waals surface area (Å²) in [6.07, 6.45) is -1.05. The Kier molecular flexibility index (Phi) is 5.20. The van der Waals surface area contributed by atoms with Crippen molar-refractivity contribution in [3.63, 3.8) is 0 Å². The van der Waals surface area contributed by atoms with E-state index < -0.39 is 28.0 Å². The quantitative estimate of drug-likeness (QED) is 0.610. The first-order valence-corrected chi connectivity index (χ1v) is 13.0. The van der Waals surface area contributed by atoms with E-state index in [2.05, 4.69) is 4.98 Å². The number of amides is 1. The second-order valence-electron chi connectivity index (χ2n) is 9.55. The van der Waals surface area contributed by atoms with Crippen LogP contribution in [-0.2, 0) is 15.3 Å². The lowest BCUT2D eigenvalue weighted by Crippen LogP contribution is -2.35. The van der Waals surface area contributed by atoms with Crippen molar-refractivity contribution in [1.82, 2.24) is 14.9 Å². The second-order valence-corrected chi connectivity index (χ2v) is 11.6. The molecular weight excluding hydrogens is 471 g/mol. The fourth-order valence-corrected chi connectivity index (χ4v) is 5.29. The van der Waals surface area contributed by atoms with Crippen LogP contribution in [0.1, 0.15) is 54.0 Å². The largest absolute Gasteiger partial charge is 0.480 e. The highest BCUT2D eigenvalue weighted by atomic mass is 32.2. The molecule has 182 valence electrons. The third kappa shape index (κ3) is 4.14. The van der Waals surface area contributed by atoms with Crippen LogP contribution in [0.3, 0.4) is 0 Å². The lowest BCUT2D eigenvalue weighted by atomic mass is 10.0. The van der Waals surface area contributed by atoms with Crippen molar-refractivity contribution in [1.29, 1.82) is 0 Å². The van der Waals surface area contributed by atoms with Gasteiger partial charge in [-0.15, -0.1) is 0 Å². The van der Waals surface area contributed by atoms with Gasteiger partial charge in [-0.1, -0.05) is 0 Å². The highest BCUT2D eigenvalue weighted by molar-refractivity contribution is 7.90. The Bertz CT molecular complexity index is 1260. The molecule has 3 fully saturated rings. The van der Waals surface area contributed by atoms with Gasteiger partial charge in [0.2, 0.25) is 0 Å². The maximum Gasteiger partial charge on any atom is 0.425 e. The van der Waals surface area contributed by atoms with Crippen LogP contribution in [-0.4, -0.2) is 60.8 Å². The van der Waals surface area contributed by atoms with Gasteiger partial charge in [-0.25, -0.2) is 18.4 Å². The van der Waals surface area contributed by atoms with Crippen molar-refractivity contribution in [2.24, 2.45) is 5.92 Å². The molecule has 0 radical (unpaired) electrons. The highest BCUT2D eigenvalue weighted by Crippen LogP contribution is 2.58. The number of benzene rings is 1. The normalized spacial score (nSPS) is 25.1. The smallest absolute Gasteiger partial charge is 0.425 e. The number of hydrogen-bond donors (Lipinski definition) is 0. The molecule has 7 nitrogen and oxygen atoms in total. The summed E-state index contributed by atoms with van der Waals surface area (Å²) < 4.78 is 68.4. The van der Waals surface area contributed by atoms with Gasteiger partial charge in [0.25, 0.3) is 5.91 Å². The van der Waals surface area contributed by atoms with Gasteiger partial charge in [0.15, 0.2) is 15.9 Å². The molecular formula is C23H24F3N3O4S. The summed E-state index contributed by atoms with van der Waals surface area (Å²) in [6, 6.07) is 5.26. The standard InChI is InChI=1S/C23H24F3N3O4S/c1-13(23(24,25)26)33-19-6-5-16(34(2,31)32)9-17(19)20(30)29-11-15-10-22(15,12-29)21-27-8-7-18(28-21)14-3-4-14/h5-9,13-15H,3-4,10-12H2,1-2H3/t13?,15?,22-/m0/s1. The Balaban J connectivity index is 1.43. The molecule has 5 rings (SSSR count). The van der Waals surface area contributed by atoms with E-state index in [0.29, 0.717) is 24.8 Å². The van der Waals surface area contributed by atoms with Gasteiger partial charge in [-0.2, -0.15) is 13.2 Å². The Labute approximate surface area is 195 Å². The number of nitrogens with zero attached hydrogens (tertiary/aromatic N) is 3. The maximum atomic E-state index is 13.4. The van der Waals surface area contributed by atoms with Crippen LogP contribution >= 0.6 is 0 Å². The molecule has 2 aliphatic carbocycles. The lowest BCUT2D eigenvalue weighted by Gasteiger charge is -2.24. The molecule has 2 saturated carbocycles. The summed E-state index contributed by atoms with van der Waals surface area (Å²) in [7, 11) is -3.69. The number of rotatable bonds is 6. The fraction of sp³-hybridized carbons (Fsp3) is 0.522. The molecule has 1 aliphatic heterocycles. The fourth-order valence-electron chi connectivity index (χ4n) is 4.64. The van der Waals surface area contributed by atoms with E-state index in [0.717, 1.165) is 56.3 Å². The third-order valence-corrected chi connectivity index (χ3v) is 8.04. The van der Waals surface area contributed by atoms with Gasteiger partial charge in [-0.3, -0.25) is 4.79 Å². The number of fused-ring (bicyclic) bond motifs is 1. The molecule has 2 unspecified atom stereocenters.